The van der Waals surface area contributed by atoms with Crippen LogP contribution in [0.25, 0.3) is 0 Å². The fraction of sp³-hybridized carbons (Fsp3) is 0.0833. The highest BCUT2D eigenvalue weighted by Gasteiger charge is 2.18. The molecule has 0 spiro atoms. The van der Waals surface area contributed by atoms with Crippen LogP contribution in [0.1, 0.15) is 20.8 Å². The van der Waals surface area contributed by atoms with Gasteiger partial charge in [-0.25, -0.2) is 13.2 Å². The Hall–Kier alpha value is -1.33. The molecule has 0 bridgehead atoms. The highest BCUT2D eigenvalue weighted by Crippen LogP contribution is 2.29. The summed E-state index contributed by atoms with van der Waals surface area (Å²) in [7, 11) is 0. The van der Waals surface area contributed by atoms with E-state index in [1.165, 1.54) is 6.07 Å². The van der Waals surface area contributed by atoms with Crippen molar-refractivity contribution in [2.45, 2.75) is 6.92 Å². The fourth-order valence-electron chi connectivity index (χ4n) is 1.40. The number of rotatable bonds is 2. The van der Waals surface area contributed by atoms with Crippen LogP contribution in [0, 0.1) is 24.4 Å². The van der Waals surface area contributed by atoms with Crippen LogP contribution >= 0.6 is 22.9 Å². The summed E-state index contributed by atoms with van der Waals surface area (Å²) >= 11 is 6.82. The molecule has 94 valence electrons. The van der Waals surface area contributed by atoms with Crippen molar-refractivity contribution in [3.63, 3.8) is 0 Å². The van der Waals surface area contributed by atoms with Crippen molar-refractivity contribution in [1.82, 2.24) is 0 Å². The minimum atomic E-state index is -1.59. The van der Waals surface area contributed by atoms with Crippen LogP contribution in [0.3, 0.4) is 0 Å². The third kappa shape index (κ3) is 2.28. The summed E-state index contributed by atoms with van der Waals surface area (Å²) in [5.41, 5.74) is 0.456. The van der Waals surface area contributed by atoms with Gasteiger partial charge in [0.1, 0.15) is 0 Å². The molecule has 0 unspecified atom stereocenters. The van der Waals surface area contributed by atoms with Crippen LogP contribution in [-0.4, -0.2) is 5.78 Å². The predicted molar refractivity (Wildman–Crippen MR) is 63.8 cm³/mol. The first-order valence-electron chi connectivity index (χ1n) is 4.85. The standard InChI is InChI=1S/C12H6ClF3OS/c1-5-2-9(18-12(5)13)11(17)6-3-7(14)10(16)8(15)4-6/h2-4H,1H3. The van der Waals surface area contributed by atoms with E-state index in [4.69, 9.17) is 11.6 Å². The molecule has 1 aromatic carbocycles. The van der Waals surface area contributed by atoms with Crippen molar-refractivity contribution in [3.8, 4) is 0 Å². The second kappa shape index (κ2) is 4.74. The number of hydrogen-bond acceptors (Lipinski definition) is 2. The molecule has 2 aromatic rings. The maximum Gasteiger partial charge on any atom is 0.203 e. The van der Waals surface area contributed by atoms with Gasteiger partial charge in [-0.1, -0.05) is 11.6 Å². The van der Waals surface area contributed by atoms with Crippen LogP contribution in [0.4, 0.5) is 13.2 Å². The molecule has 0 radical (unpaired) electrons. The normalized spacial score (nSPS) is 10.7. The Morgan fingerprint density at radius 1 is 1.17 bits per heavy atom. The molecule has 0 N–H and O–H groups in total. The van der Waals surface area contributed by atoms with Crippen molar-refractivity contribution in [2.75, 3.05) is 0 Å². The third-order valence-electron chi connectivity index (χ3n) is 2.33. The van der Waals surface area contributed by atoms with Gasteiger partial charge in [-0.2, -0.15) is 0 Å². The van der Waals surface area contributed by atoms with Gasteiger partial charge in [0.2, 0.25) is 5.78 Å². The first-order chi connectivity index (χ1) is 8.40. The molecule has 1 heterocycles. The van der Waals surface area contributed by atoms with E-state index in [2.05, 4.69) is 0 Å². The van der Waals surface area contributed by atoms with Gasteiger partial charge >= 0.3 is 0 Å². The Bertz CT molecular complexity index is 594. The molecular weight excluding hydrogens is 285 g/mol. The van der Waals surface area contributed by atoms with Crippen molar-refractivity contribution in [2.24, 2.45) is 0 Å². The van der Waals surface area contributed by atoms with E-state index in [0.29, 0.717) is 22.0 Å². The van der Waals surface area contributed by atoms with Crippen LogP contribution in [-0.2, 0) is 0 Å². The summed E-state index contributed by atoms with van der Waals surface area (Å²) in [6.07, 6.45) is 0. The van der Waals surface area contributed by atoms with E-state index in [1.54, 1.807) is 6.92 Å². The lowest BCUT2D eigenvalue weighted by molar-refractivity contribution is 0.104. The zero-order chi connectivity index (χ0) is 13.4. The Kier molecular flexibility index (Phi) is 3.45. The smallest absolute Gasteiger partial charge is 0.203 e. The summed E-state index contributed by atoms with van der Waals surface area (Å²) in [5.74, 6) is -4.96. The summed E-state index contributed by atoms with van der Waals surface area (Å²) in [5, 5.41) is 0. The SMILES string of the molecule is Cc1cc(C(=O)c2cc(F)c(F)c(F)c2)sc1Cl. The molecule has 0 aliphatic heterocycles. The van der Waals surface area contributed by atoms with Crippen LogP contribution < -0.4 is 0 Å². The number of halogens is 4. The van der Waals surface area contributed by atoms with Crippen molar-refractivity contribution in [1.29, 1.82) is 0 Å². The number of aryl methyl sites for hydroxylation is 1. The molecule has 0 fully saturated rings. The quantitative estimate of drug-likeness (QED) is 0.593. The number of carbonyl (C=O) groups excluding carboxylic acids is 1. The average Bonchev–Trinajstić information content (AvgIpc) is 2.65. The van der Waals surface area contributed by atoms with Crippen LogP contribution in [0.5, 0.6) is 0 Å². The highest BCUT2D eigenvalue weighted by molar-refractivity contribution is 7.18. The Labute approximate surface area is 110 Å². The van der Waals surface area contributed by atoms with Crippen LogP contribution in [0.15, 0.2) is 18.2 Å². The van der Waals surface area contributed by atoms with E-state index >= 15 is 0 Å². The summed E-state index contributed by atoms with van der Waals surface area (Å²) in [6, 6.07) is 2.86. The minimum absolute atomic E-state index is 0.246. The number of hydrogen-bond donors (Lipinski definition) is 0. The Morgan fingerprint density at radius 3 is 2.17 bits per heavy atom. The molecule has 0 saturated heterocycles. The predicted octanol–water partition coefficient (Wildman–Crippen LogP) is 4.36. The molecular formula is C12H6ClF3OS. The number of thiophene rings is 1. The lowest BCUT2D eigenvalue weighted by atomic mass is 10.1. The van der Waals surface area contributed by atoms with Gasteiger partial charge < -0.3 is 0 Å². The lowest BCUT2D eigenvalue weighted by Gasteiger charge is -2.00. The summed E-state index contributed by atoms with van der Waals surface area (Å²) in [4.78, 5) is 12.2. The lowest BCUT2D eigenvalue weighted by Crippen LogP contribution is -2.02. The van der Waals surface area contributed by atoms with Crippen LogP contribution in [0.2, 0.25) is 4.34 Å². The first-order valence-corrected chi connectivity index (χ1v) is 6.04. The summed E-state index contributed by atoms with van der Waals surface area (Å²) < 4.78 is 39.2. The molecule has 0 saturated carbocycles. The summed E-state index contributed by atoms with van der Waals surface area (Å²) in [6.45, 7) is 1.71. The van der Waals surface area contributed by atoms with Gasteiger partial charge in [-0.05, 0) is 30.7 Å². The topological polar surface area (TPSA) is 17.1 Å². The molecule has 18 heavy (non-hydrogen) atoms. The van der Waals surface area contributed by atoms with E-state index in [1.807, 2.05) is 0 Å². The first kappa shape index (κ1) is 13.1. The van der Waals surface area contributed by atoms with E-state index in [-0.39, 0.29) is 10.4 Å². The van der Waals surface area contributed by atoms with Gasteiger partial charge in [-0.15, -0.1) is 11.3 Å². The minimum Gasteiger partial charge on any atom is -0.288 e. The Morgan fingerprint density at radius 2 is 1.72 bits per heavy atom. The number of ketones is 1. The van der Waals surface area contributed by atoms with Gasteiger partial charge in [0.15, 0.2) is 17.5 Å². The fourth-order valence-corrected chi connectivity index (χ4v) is 2.56. The van der Waals surface area contributed by atoms with E-state index in [9.17, 15) is 18.0 Å². The largest absolute Gasteiger partial charge is 0.288 e. The Balaban J connectivity index is 2.46. The second-order valence-corrected chi connectivity index (χ2v) is 5.30. The van der Waals surface area contributed by atoms with Gasteiger partial charge in [-0.3, -0.25) is 4.79 Å². The van der Waals surface area contributed by atoms with Gasteiger partial charge in [0, 0.05) is 5.56 Å². The second-order valence-electron chi connectivity index (χ2n) is 3.65. The molecule has 0 amide bonds. The zero-order valence-electron chi connectivity index (χ0n) is 9.06. The van der Waals surface area contributed by atoms with E-state index in [0.717, 1.165) is 11.3 Å². The van der Waals surface area contributed by atoms with Gasteiger partial charge in [0.05, 0.1) is 9.21 Å². The molecule has 6 heteroatoms. The van der Waals surface area contributed by atoms with Crippen molar-refractivity contribution in [3.05, 3.63) is 56.0 Å². The molecule has 1 aromatic heterocycles. The maximum atomic E-state index is 13.0. The van der Waals surface area contributed by atoms with Crippen molar-refractivity contribution >= 4 is 28.7 Å². The van der Waals surface area contributed by atoms with Gasteiger partial charge in [0.25, 0.3) is 0 Å². The maximum absolute atomic E-state index is 13.0. The van der Waals surface area contributed by atoms with Crippen molar-refractivity contribution < 1.29 is 18.0 Å². The average molecular weight is 291 g/mol. The molecule has 2 rings (SSSR count). The highest BCUT2D eigenvalue weighted by atomic mass is 35.5. The molecule has 0 aliphatic carbocycles. The molecule has 0 atom stereocenters. The molecule has 1 nitrogen and oxygen atoms in total. The molecule has 0 aliphatic rings. The monoisotopic (exact) mass is 290 g/mol. The number of carbonyl (C=O) groups is 1. The zero-order valence-corrected chi connectivity index (χ0v) is 10.6. The number of benzene rings is 1. The third-order valence-corrected chi connectivity index (χ3v) is 3.88. The van der Waals surface area contributed by atoms with E-state index < -0.39 is 23.2 Å².